The summed E-state index contributed by atoms with van der Waals surface area (Å²) < 4.78 is 6.03. The minimum atomic E-state index is -0.225. The van der Waals surface area contributed by atoms with Gasteiger partial charge in [0.05, 0.1) is 6.61 Å². The Morgan fingerprint density at radius 1 is 0.917 bits per heavy atom. The second-order valence-electron chi connectivity index (χ2n) is 11.7. The largest absolute Gasteiger partial charge is 0.494 e. The topological polar surface area (TPSA) is 63.6 Å². The first-order valence-electron chi connectivity index (χ1n) is 14.3. The van der Waals surface area contributed by atoms with Gasteiger partial charge in [0.15, 0.2) is 5.78 Å². The van der Waals surface area contributed by atoms with Crippen molar-refractivity contribution < 1.29 is 19.4 Å². The summed E-state index contributed by atoms with van der Waals surface area (Å²) in [5.41, 5.74) is 5.32. The first-order valence-corrected chi connectivity index (χ1v) is 14.3. The highest BCUT2D eigenvalue weighted by Crippen LogP contribution is 2.62. The maximum atomic E-state index is 13.1. The number of benzene rings is 1. The van der Waals surface area contributed by atoms with Crippen LogP contribution in [0.25, 0.3) is 0 Å². The number of aliphatic hydroxyl groups is 1. The minimum Gasteiger partial charge on any atom is -0.494 e. The Labute approximate surface area is 216 Å². The number of fused-ring (bicyclic) bond motifs is 4. The third-order valence-corrected chi connectivity index (χ3v) is 9.55. The van der Waals surface area contributed by atoms with Crippen LogP contribution in [0.5, 0.6) is 5.75 Å². The summed E-state index contributed by atoms with van der Waals surface area (Å²) in [4.78, 5) is 25.3. The van der Waals surface area contributed by atoms with Crippen molar-refractivity contribution in [3.05, 3.63) is 52.6 Å². The van der Waals surface area contributed by atoms with Gasteiger partial charge in [-0.15, -0.1) is 0 Å². The number of Topliss-reactive ketones (excluding diaryl/α,β-unsaturated/α-hetero) is 1. The maximum Gasteiger partial charge on any atom is 0.156 e. The van der Waals surface area contributed by atoms with Gasteiger partial charge in [0, 0.05) is 30.8 Å². The van der Waals surface area contributed by atoms with Gasteiger partial charge in [-0.2, -0.15) is 0 Å². The monoisotopic (exact) mass is 490 g/mol. The molecule has 4 aliphatic rings. The van der Waals surface area contributed by atoms with Crippen LogP contribution in [0, 0.1) is 17.3 Å². The zero-order chi connectivity index (χ0) is 25.1. The number of allylic oxidation sites excluding steroid dienone is 4. The molecule has 0 aliphatic heterocycles. The molecule has 1 aromatic carbocycles. The van der Waals surface area contributed by atoms with Crippen molar-refractivity contribution in [2.75, 3.05) is 13.2 Å². The van der Waals surface area contributed by atoms with Crippen molar-refractivity contribution in [1.82, 2.24) is 0 Å². The van der Waals surface area contributed by atoms with Crippen LogP contribution in [-0.2, 0) is 9.59 Å². The fraction of sp³-hybridized carbons (Fsp3) is 0.625. The molecule has 1 N–H and O–H groups in total. The van der Waals surface area contributed by atoms with E-state index in [1.54, 1.807) is 5.57 Å². The Hall–Kier alpha value is -2.20. The SMILES string of the molecule is C[C@]12C[C@H](c3ccc(OCCCCCCCCO)cc3)C3=C4CCC(=O)C=C4CC[C@H]3[C@@H]1CCC2=O. The molecular weight excluding hydrogens is 448 g/mol. The predicted molar refractivity (Wildman–Crippen MR) is 142 cm³/mol. The number of rotatable bonds is 10. The van der Waals surface area contributed by atoms with Gasteiger partial charge in [0.1, 0.15) is 11.5 Å². The molecule has 2 saturated carbocycles. The summed E-state index contributed by atoms with van der Waals surface area (Å²) in [5.74, 6) is 2.81. The van der Waals surface area contributed by atoms with Crippen LogP contribution >= 0.6 is 0 Å². The number of hydrogen-bond acceptors (Lipinski definition) is 4. The van der Waals surface area contributed by atoms with Crippen molar-refractivity contribution in [1.29, 1.82) is 0 Å². The molecular formula is C32H42O4. The first-order chi connectivity index (χ1) is 17.5. The fourth-order valence-corrected chi connectivity index (χ4v) is 7.64. The van der Waals surface area contributed by atoms with E-state index in [4.69, 9.17) is 9.84 Å². The average Bonchev–Trinajstić information content (AvgIpc) is 3.19. The number of carbonyl (C=O) groups is 2. The number of aliphatic hydroxyl groups excluding tert-OH is 1. The van der Waals surface area contributed by atoms with Crippen LogP contribution in [0.4, 0.5) is 0 Å². The number of carbonyl (C=O) groups excluding carboxylic acids is 2. The Morgan fingerprint density at radius 3 is 2.44 bits per heavy atom. The van der Waals surface area contributed by atoms with E-state index >= 15 is 0 Å². The molecule has 0 aromatic heterocycles. The Kier molecular flexibility index (Phi) is 7.81. The molecule has 0 bridgehead atoms. The molecule has 0 saturated heterocycles. The molecule has 5 rings (SSSR count). The second-order valence-corrected chi connectivity index (χ2v) is 11.7. The van der Waals surface area contributed by atoms with Crippen LogP contribution < -0.4 is 4.74 Å². The predicted octanol–water partition coefficient (Wildman–Crippen LogP) is 6.87. The van der Waals surface area contributed by atoms with E-state index in [2.05, 4.69) is 31.2 Å². The lowest BCUT2D eigenvalue weighted by Gasteiger charge is -2.50. The van der Waals surface area contributed by atoms with Gasteiger partial charge in [-0.3, -0.25) is 9.59 Å². The van der Waals surface area contributed by atoms with E-state index < -0.39 is 0 Å². The maximum absolute atomic E-state index is 13.1. The second kappa shape index (κ2) is 11.0. The lowest BCUT2D eigenvalue weighted by molar-refractivity contribution is -0.128. The highest BCUT2D eigenvalue weighted by atomic mass is 16.5. The van der Waals surface area contributed by atoms with E-state index in [-0.39, 0.29) is 17.1 Å². The van der Waals surface area contributed by atoms with Gasteiger partial charge in [0.2, 0.25) is 0 Å². The summed E-state index contributed by atoms with van der Waals surface area (Å²) in [6, 6.07) is 8.64. The van der Waals surface area contributed by atoms with E-state index in [0.29, 0.717) is 30.6 Å². The quantitative estimate of drug-likeness (QED) is 0.364. The summed E-state index contributed by atoms with van der Waals surface area (Å²) in [6.07, 6.45) is 14.7. The zero-order valence-corrected chi connectivity index (χ0v) is 21.9. The van der Waals surface area contributed by atoms with Crippen molar-refractivity contribution in [3.63, 3.8) is 0 Å². The Morgan fingerprint density at radius 2 is 1.67 bits per heavy atom. The van der Waals surface area contributed by atoms with Gasteiger partial charge < -0.3 is 9.84 Å². The highest BCUT2D eigenvalue weighted by molar-refractivity contribution is 5.93. The van der Waals surface area contributed by atoms with E-state index in [9.17, 15) is 9.59 Å². The number of hydrogen-bond donors (Lipinski definition) is 1. The third-order valence-electron chi connectivity index (χ3n) is 9.55. The lowest BCUT2D eigenvalue weighted by atomic mass is 9.53. The molecule has 36 heavy (non-hydrogen) atoms. The van der Waals surface area contributed by atoms with Crippen molar-refractivity contribution >= 4 is 11.6 Å². The molecule has 0 amide bonds. The van der Waals surface area contributed by atoms with Gasteiger partial charge in [-0.25, -0.2) is 0 Å². The Bertz CT molecular complexity index is 1030. The van der Waals surface area contributed by atoms with E-state index in [0.717, 1.165) is 76.6 Å². The molecule has 0 heterocycles. The molecule has 4 nitrogen and oxygen atoms in total. The molecule has 0 unspecified atom stereocenters. The fourth-order valence-electron chi connectivity index (χ4n) is 7.64. The molecule has 4 aliphatic carbocycles. The summed E-state index contributed by atoms with van der Waals surface area (Å²) in [6.45, 7) is 3.27. The van der Waals surface area contributed by atoms with Crippen molar-refractivity contribution in [2.45, 2.75) is 96.3 Å². The normalized spacial score (nSPS) is 29.5. The smallest absolute Gasteiger partial charge is 0.156 e. The van der Waals surface area contributed by atoms with Gasteiger partial charge in [0.25, 0.3) is 0 Å². The number of ether oxygens (including phenoxy) is 1. The summed E-state index contributed by atoms with van der Waals surface area (Å²) in [5, 5.41) is 8.87. The van der Waals surface area contributed by atoms with Crippen LogP contribution in [0.15, 0.2) is 47.1 Å². The molecule has 4 heteroatoms. The summed E-state index contributed by atoms with van der Waals surface area (Å²) in [7, 11) is 0. The minimum absolute atomic E-state index is 0.225. The number of unbranched alkanes of at least 4 members (excludes halogenated alkanes) is 5. The van der Waals surface area contributed by atoms with Crippen LogP contribution in [0.3, 0.4) is 0 Å². The average molecular weight is 491 g/mol. The van der Waals surface area contributed by atoms with Gasteiger partial charge in [-0.05, 0) is 91.7 Å². The molecule has 0 spiro atoms. The van der Waals surface area contributed by atoms with E-state index in [1.165, 1.54) is 29.6 Å². The summed E-state index contributed by atoms with van der Waals surface area (Å²) >= 11 is 0. The van der Waals surface area contributed by atoms with Crippen LogP contribution in [-0.4, -0.2) is 29.9 Å². The van der Waals surface area contributed by atoms with Crippen LogP contribution in [0.2, 0.25) is 0 Å². The van der Waals surface area contributed by atoms with E-state index in [1.807, 2.05) is 6.08 Å². The van der Waals surface area contributed by atoms with Crippen molar-refractivity contribution in [3.8, 4) is 5.75 Å². The third kappa shape index (κ3) is 4.98. The molecule has 0 radical (unpaired) electrons. The molecule has 2 fully saturated rings. The highest BCUT2D eigenvalue weighted by Gasteiger charge is 2.56. The standard InChI is InChI=1S/C32H42O4/c1-32-21-28(22-8-12-25(13-9-22)36-19-7-5-3-2-4-6-18-33)31-26-15-11-24(34)20-23(26)10-14-27(31)29(32)16-17-30(32)35/h8-9,12-13,20,27-29,33H,2-7,10-11,14-19,21H2,1H3/t27-,28+,29-,32-/m0/s1. The van der Waals surface area contributed by atoms with Crippen molar-refractivity contribution in [2.24, 2.45) is 17.3 Å². The molecule has 1 aromatic rings. The van der Waals surface area contributed by atoms with Crippen LogP contribution in [0.1, 0.15) is 102 Å². The first kappa shape index (κ1) is 25.4. The van der Waals surface area contributed by atoms with Gasteiger partial charge >= 0.3 is 0 Å². The molecule has 194 valence electrons. The number of ketones is 2. The Balaban J connectivity index is 1.32. The molecule has 4 atom stereocenters. The lowest BCUT2D eigenvalue weighted by Crippen LogP contribution is -2.43. The van der Waals surface area contributed by atoms with Gasteiger partial charge in [-0.1, -0.05) is 50.3 Å². The zero-order valence-electron chi connectivity index (χ0n) is 21.9.